The minimum Gasteiger partial charge on any atom is -0.407 e. The fraction of sp³-hybridized carbons (Fsp3) is 0.769. The van der Waals surface area contributed by atoms with E-state index in [1.165, 1.54) is 0 Å². The average molecular weight is 283 g/mol. The smallest absolute Gasteiger partial charge is 0.315 e. The van der Waals surface area contributed by atoms with Gasteiger partial charge in [-0.1, -0.05) is 25.9 Å². The van der Waals surface area contributed by atoms with Crippen LogP contribution in [0.15, 0.2) is 4.42 Å². The Hall–Kier alpha value is -1.63. The summed E-state index contributed by atoms with van der Waals surface area (Å²) in [5, 5.41) is 16.7. The predicted octanol–water partition coefficient (Wildman–Crippen LogP) is 1.14. The lowest BCUT2D eigenvalue weighted by molar-refractivity contribution is -0.120. The zero-order valence-corrected chi connectivity index (χ0v) is 12.5. The van der Waals surface area contributed by atoms with Crippen molar-refractivity contribution in [1.82, 2.24) is 20.8 Å². The van der Waals surface area contributed by atoms with Gasteiger partial charge in [-0.25, -0.2) is 0 Å². The molecule has 1 rings (SSSR count). The molecule has 3 N–H and O–H groups in total. The van der Waals surface area contributed by atoms with Gasteiger partial charge < -0.3 is 20.4 Å². The van der Waals surface area contributed by atoms with Gasteiger partial charge in [-0.2, -0.15) is 0 Å². The molecular formula is C13H25N5O2. The molecule has 0 saturated heterocycles. The van der Waals surface area contributed by atoms with Crippen LogP contribution >= 0.6 is 0 Å². The van der Waals surface area contributed by atoms with Crippen LogP contribution in [0.3, 0.4) is 0 Å². The second-order valence-corrected chi connectivity index (χ2v) is 5.05. The zero-order chi connectivity index (χ0) is 14.8. The van der Waals surface area contributed by atoms with Crippen LogP contribution in [0.1, 0.15) is 39.5 Å². The van der Waals surface area contributed by atoms with E-state index in [9.17, 15) is 4.79 Å². The van der Waals surface area contributed by atoms with E-state index in [4.69, 9.17) is 4.42 Å². The molecule has 0 bridgehead atoms. The molecule has 0 unspecified atom stereocenters. The number of carbonyl (C=O) groups excluding carboxylic acids is 1. The van der Waals surface area contributed by atoms with Crippen LogP contribution in [0.2, 0.25) is 0 Å². The first kappa shape index (κ1) is 16.4. The number of rotatable bonds is 10. The van der Waals surface area contributed by atoms with Crippen LogP contribution < -0.4 is 16.0 Å². The van der Waals surface area contributed by atoms with Crippen molar-refractivity contribution in [2.24, 2.45) is 5.92 Å². The van der Waals surface area contributed by atoms with E-state index in [1.54, 1.807) is 0 Å². The van der Waals surface area contributed by atoms with Gasteiger partial charge in [0.2, 0.25) is 11.8 Å². The summed E-state index contributed by atoms with van der Waals surface area (Å²) in [6.45, 7) is 8.88. The summed E-state index contributed by atoms with van der Waals surface area (Å²) in [5.74, 6) is 1.03. The topological polar surface area (TPSA) is 92.1 Å². The van der Waals surface area contributed by atoms with Crippen LogP contribution in [0.25, 0.3) is 0 Å². The molecule has 114 valence electrons. The van der Waals surface area contributed by atoms with Crippen molar-refractivity contribution in [1.29, 1.82) is 0 Å². The summed E-state index contributed by atoms with van der Waals surface area (Å²) < 4.78 is 5.38. The van der Waals surface area contributed by atoms with Gasteiger partial charge in [0, 0.05) is 19.5 Å². The first-order chi connectivity index (χ1) is 9.61. The summed E-state index contributed by atoms with van der Waals surface area (Å²) in [7, 11) is 0. The molecule has 0 atom stereocenters. The highest BCUT2D eigenvalue weighted by atomic mass is 16.4. The highest BCUT2D eigenvalue weighted by molar-refractivity contribution is 5.76. The zero-order valence-electron chi connectivity index (χ0n) is 12.5. The van der Waals surface area contributed by atoms with Gasteiger partial charge in [-0.15, -0.1) is 5.10 Å². The summed E-state index contributed by atoms with van der Waals surface area (Å²) in [6.07, 6.45) is 1.45. The van der Waals surface area contributed by atoms with E-state index in [-0.39, 0.29) is 5.91 Å². The van der Waals surface area contributed by atoms with Crippen molar-refractivity contribution in [2.75, 3.05) is 25.0 Å². The van der Waals surface area contributed by atoms with E-state index in [1.807, 2.05) is 0 Å². The number of hydrogen-bond acceptors (Lipinski definition) is 6. The molecule has 1 aromatic heterocycles. The number of anilines is 1. The third kappa shape index (κ3) is 7.08. The van der Waals surface area contributed by atoms with Crippen molar-refractivity contribution in [2.45, 2.75) is 40.2 Å². The molecule has 0 spiro atoms. The lowest BCUT2D eigenvalue weighted by Crippen LogP contribution is -2.28. The van der Waals surface area contributed by atoms with Gasteiger partial charge in [0.1, 0.15) is 0 Å². The molecular weight excluding hydrogens is 258 g/mol. The van der Waals surface area contributed by atoms with Crippen LogP contribution in [0, 0.1) is 5.92 Å². The maximum absolute atomic E-state index is 11.5. The summed E-state index contributed by atoms with van der Waals surface area (Å²) in [6, 6.07) is 0.356. The Morgan fingerprint density at radius 1 is 1.30 bits per heavy atom. The van der Waals surface area contributed by atoms with E-state index < -0.39 is 0 Å². The van der Waals surface area contributed by atoms with Crippen molar-refractivity contribution < 1.29 is 9.21 Å². The lowest BCUT2D eigenvalue weighted by Gasteiger charge is -2.07. The Bertz CT molecular complexity index is 392. The molecule has 0 saturated carbocycles. The van der Waals surface area contributed by atoms with Crippen molar-refractivity contribution in [3.8, 4) is 0 Å². The SMILES string of the molecule is CCCNCc1nnc(NCCC(=O)NCC(C)C)o1. The Morgan fingerprint density at radius 3 is 2.80 bits per heavy atom. The van der Waals surface area contributed by atoms with E-state index >= 15 is 0 Å². The molecule has 0 aliphatic rings. The monoisotopic (exact) mass is 283 g/mol. The van der Waals surface area contributed by atoms with Crippen LogP contribution in [-0.2, 0) is 11.3 Å². The third-order valence-corrected chi connectivity index (χ3v) is 2.51. The largest absolute Gasteiger partial charge is 0.407 e. The van der Waals surface area contributed by atoms with Crippen LogP contribution in [0.5, 0.6) is 0 Å². The molecule has 1 amide bonds. The quantitative estimate of drug-likeness (QED) is 0.558. The first-order valence-corrected chi connectivity index (χ1v) is 7.15. The number of nitrogens with zero attached hydrogens (tertiary/aromatic N) is 2. The molecule has 0 radical (unpaired) electrons. The number of carbonyl (C=O) groups is 1. The molecule has 20 heavy (non-hydrogen) atoms. The molecule has 0 aromatic carbocycles. The van der Waals surface area contributed by atoms with Crippen LogP contribution in [-0.4, -0.2) is 35.7 Å². The Labute approximate surface area is 119 Å². The normalized spacial score (nSPS) is 10.8. The van der Waals surface area contributed by atoms with Gasteiger partial charge in [0.05, 0.1) is 6.54 Å². The number of hydrogen-bond donors (Lipinski definition) is 3. The predicted molar refractivity (Wildman–Crippen MR) is 77.3 cm³/mol. The lowest BCUT2D eigenvalue weighted by atomic mass is 10.2. The minimum absolute atomic E-state index is 0.0237. The Balaban J connectivity index is 2.17. The summed E-state index contributed by atoms with van der Waals surface area (Å²) in [5.41, 5.74) is 0. The number of aromatic nitrogens is 2. The maximum Gasteiger partial charge on any atom is 0.315 e. The second-order valence-electron chi connectivity index (χ2n) is 5.05. The van der Waals surface area contributed by atoms with E-state index in [0.29, 0.717) is 43.9 Å². The van der Waals surface area contributed by atoms with Crippen LogP contribution in [0.4, 0.5) is 6.01 Å². The second kappa shape index (κ2) is 9.30. The Kier molecular flexibility index (Phi) is 7.64. The standard InChI is InChI=1S/C13H25N5O2/c1-4-6-14-9-12-17-18-13(20-12)15-7-5-11(19)16-8-10(2)3/h10,14H,4-9H2,1-3H3,(H,15,18)(H,16,19). The first-order valence-electron chi connectivity index (χ1n) is 7.15. The molecule has 7 heteroatoms. The molecule has 7 nitrogen and oxygen atoms in total. The van der Waals surface area contributed by atoms with Gasteiger partial charge in [-0.3, -0.25) is 4.79 Å². The highest BCUT2D eigenvalue weighted by Gasteiger charge is 2.06. The maximum atomic E-state index is 11.5. The van der Waals surface area contributed by atoms with Gasteiger partial charge >= 0.3 is 6.01 Å². The average Bonchev–Trinajstić information content (AvgIpc) is 2.85. The molecule has 0 fully saturated rings. The molecule has 1 aromatic rings. The minimum atomic E-state index is 0.0237. The van der Waals surface area contributed by atoms with Gasteiger partial charge in [0.15, 0.2) is 0 Å². The highest BCUT2D eigenvalue weighted by Crippen LogP contribution is 2.04. The molecule has 0 aliphatic carbocycles. The molecule has 1 heterocycles. The van der Waals surface area contributed by atoms with Crippen molar-refractivity contribution in [3.05, 3.63) is 5.89 Å². The summed E-state index contributed by atoms with van der Waals surface area (Å²) in [4.78, 5) is 11.5. The van der Waals surface area contributed by atoms with Crippen molar-refractivity contribution in [3.63, 3.8) is 0 Å². The third-order valence-electron chi connectivity index (χ3n) is 2.51. The van der Waals surface area contributed by atoms with Crippen molar-refractivity contribution >= 4 is 11.9 Å². The number of amides is 1. The molecule has 0 aliphatic heterocycles. The van der Waals surface area contributed by atoms with Gasteiger partial charge in [0.25, 0.3) is 0 Å². The van der Waals surface area contributed by atoms with E-state index in [2.05, 4.69) is 46.9 Å². The fourth-order valence-electron chi connectivity index (χ4n) is 1.46. The van der Waals surface area contributed by atoms with Gasteiger partial charge in [-0.05, 0) is 18.9 Å². The Morgan fingerprint density at radius 2 is 2.10 bits per heavy atom. The van der Waals surface area contributed by atoms with E-state index in [0.717, 1.165) is 13.0 Å². The fourth-order valence-corrected chi connectivity index (χ4v) is 1.46. The summed E-state index contributed by atoms with van der Waals surface area (Å²) >= 11 is 0. The number of nitrogens with one attached hydrogen (secondary N) is 3.